The number of nitrogens with one attached hydrogen (secondary N) is 2. The van der Waals surface area contributed by atoms with Gasteiger partial charge in [-0.3, -0.25) is 4.79 Å². The second-order valence-electron chi connectivity index (χ2n) is 10.6. The first-order valence-electron chi connectivity index (χ1n) is 13.8. The van der Waals surface area contributed by atoms with Gasteiger partial charge in [0.25, 0.3) is 0 Å². The summed E-state index contributed by atoms with van der Waals surface area (Å²) in [6.07, 6.45) is 7.94. The Morgan fingerprint density at radius 2 is 1.90 bits per heavy atom. The average Bonchev–Trinajstić information content (AvgIpc) is 3.52. The molecule has 8 nitrogen and oxygen atoms in total. The van der Waals surface area contributed by atoms with Crippen molar-refractivity contribution in [1.29, 1.82) is 0 Å². The van der Waals surface area contributed by atoms with Crippen LogP contribution in [0, 0.1) is 18.7 Å². The monoisotopic (exact) mass is 553 g/mol. The molecule has 1 aliphatic heterocycles. The number of fused-ring (bicyclic) bond motifs is 1. The Labute approximate surface area is 229 Å². The number of halogens is 1. The van der Waals surface area contributed by atoms with Crippen molar-refractivity contribution in [1.82, 2.24) is 19.8 Å². The Morgan fingerprint density at radius 1 is 1.13 bits per heavy atom. The Kier molecular flexibility index (Phi) is 8.32. The Morgan fingerprint density at radius 3 is 2.67 bits per heavy atom. The Bertz CT molecular complexity index is 1400. The molecule has 1 aliphatic carbocycles. The van der Waals surface area contributed by atoms with Crippen LogP contribution in [0.25, 0.3) is 5.69 Å². The summed E-state index contributed by atoms with van der Waals surface area (Å²) in [6, 6.07) is 13.3. The van der Waals surface area contributed by atoms with Crippen LogP contribution >= 0.6 is 0 Å². The van der Waals surface area contributed by atoms with Crippen LogP contribution in [0.15, 0.2) is 59.6 Å². The number of sulfonamides is 1. The maximum Gasteiger partial charge on any atom is 0.244 e. The highest BCUT2D eigenvalue weighted by Gasteiger charge is 2.31. The molecule has 1 amide bonds. The van der Waals surface area contributed by atoms with E-state index < -0.39 is 16.1 Å². The predicted molar refractivity (Wildman–Crippen MR) is 149 cm³/mol. The molecule has 1 aromatic heterocycles. The third kappa shape index (κ3) is 6.33. The van der Waals surface area contributed by atoms with Crippen LogP contribution in [-0.4, -0.2) is 49.8 Å². The van der Waals surface area contributed by atoms with Crippen molar-refractivity contribution in [2.75, 3.05) is 24.5 Å². The number of anilines is 1. The molecule has 0 unspecified atom stereocenters. The van der Waals surface area contributed by atoms with Crippen molar-refractivity contribution >= 4 is 21.6 Å². The fourth-order valence-electron chi connectivity index (χ4n) is 5.81. The van der Waals surface area contributed by atoms with E-state index in [0.717, 1.165) is 55.6 Å². The number of amides is 1. The molecule has 39 heavy (non-hydrogen) atoms. The van der Waals surface area contributed by atoms with Gasteiger partial charge in [-0.25, -0.2) is 17.5 Å². The molecule has 2 aliphatic rings. The van der Waals surface area contributed by atoms with Crippen LogP contribution in [-0.2, 0) is 21.2 Å². The number of aromatic nitrogens is 2. The second kappa shape index (κ2) is 11.9. The van der Waals surface area contributed by atoms with E-state index >= 15 is 0 Å². The van der Waals surface area contributed by atoms with E-state index in [9.17, 15) is 17.6 Å². The first-order valence-corrected chi connectivity index (χ1v) is 15.2. The molecule has 1 saturated carbocycles. The summed E-state index contributed by atoms with van der Waals surface area (Å²) in [4.78, 5) is 15.6. The van der Waals surface area contributed by atoms with Gasteiger partial charge >= 0.3 is 0 Å². The van der Waals surface area contributed by atoms with Crippen LogP contribution < -0.4 is 14.9 Å². The van der Waals surface area contributed by atoms with Crippen LogP contribution in [0.4, 0.5) is 10.1 Å². The molecule has 0 saturated heterocycles. The summed E-state index contributed by atoms with van der Waals surface area (Å²) in [5, 5.41) is 7.26. The minimum Gasteiger partial charge on any atom is -0.369 e. The smallest absolute Gasteiger partial charge is 0.244 e. The lowest BCUT2D eigenvalue weighted by molar-refractivity contribution is -0.123. The van der Waals surface area contributed by atoms with Crippen LogP contribution in [0.5, 0.6) is 0 Å². The van der Waals surface area contributed by atoms with Crippen LogP contribution in [0.3, 0.4) is 0 Å². The van der Waals surface area contributed by atoms with E-state index in [1.807, 2.05) is 30.3 Å². The number of hydrogen-bond acceptors (Lipinski definition) is 5. The largest absolute Gasteiger partial charge is 0.369 e. The molecule has 10 heteroatoms. The zero-order valence-electron chi connectivity index (χ0n) is 22.3. The summed E-state index contributed by atoms with van der Waals surface area (Å²) < 4.78 is 44.9. The summed E-state index contributed by atoms with van der Waals surface area (Å²) in [6.45, 7) is 3.40. The lowest BCUT2D eigenvalue weighted by Crippen LogP contribution is -2.49. The van der Waals surface area contributed by atoms with Crippen molar-refractivity contribution in [3.63, 3.8) is 0 Å². The van der Waals surface area contributed by atoms with Gasteiger partial charge in [0.15, 0.2) is 0 Å². The minimum atomic E-state index is -4.00. The number of hydrogen-bond donors (Lipinski definition) is 2. The summed E-state index contributed by atoms with van der Waals surface area (Å²) in [5.41, 5.74) is 3.19. The van der Waals surface area contributed by atoms with Gasteiger partial charge in [0, 0.05) is 25.3 Å². The van der Waals surface area contributed by atoms with Gasteiger partial charge in [0.1, 0.15) is 16.8 Å². The fourth-order valence-corrected chi connectivity index (χ4v) is 7.18. The minimum absolute atomic E-state index is 0.0636. The molecular weight excluding hydrogens is 517 g/mol. The lowest BCUT2D eigenvalue weighted by Gasteiger charge is -2.27. The third-order valence-corrected chi connectivity index (χ3v) is 9.45. The van der Waals surface area contributed by atoms with Crippen LogP contribution in [0.2, 0.25) is 0 Å². The highest BCUT2D eigenvalue weighted by molar-refractivity contribution is 7.89. The molecule has 2 aromatic carbocycles. The number of para-hydroxylation sites is 1. The zero-order chi connectivity index (χ0) is 27.4. The highest BCUT2D eigenvalue weighted by Crippen LogP contribution is 2.29. The van der Waals surface area contributed by atoms with Gasteiger partial charge in [0.2, 0.25) is 15.9 Å². The quantitative estimate of drug-likeness (QED) is 0.394. The van der Waals surface area contributed by atoms with Gasteiger partial charge in [-0.1, -0.05) is 50.3 Å². The van der Waals surface area contributed by atoms with Crippen molar-refractivity contribution in [2.45, 2.75) is 62.8 Å². The lowest BCUT2D eigenvalue weighted by atomic mass is 9.85. The molecule has 0 bridgehead atoms. The highest BCUT2D eigenvalue weighted by atomic mass is 32.2. The third-order valence-electron chi connectivity index (χ3n) is 7.88. The molecule has 0 radical (unpaired) electrons. The molecule has 1 fully saturated rings. The van der Waals surface area contributed by atoms with Crippen LogP contribution in [0.1, 0.15) is 49.8 Å². The van der Waals surface area contributed by atoms with Gasteiger partial charge in [-0.05, 0) is 61.6 Å². The van der Waals surface area contributed by atoms with Gasteiger partial charge in [-0.2, -0.15) is 9.82 Å². The maximum atomic E-state index is 13.6. The van der Waals surface area contributed by atoms with E-state index in [1.165, 1.54) is 18.7 Å². The van der Waals surface area contributed by atoms with E-state index in [1.54, 1.807) is 23.7 Å². The fraction of sp³-hybridized carbons (Fsp3) is 0.448. The number of benzene rings is 2. The Hall–Kier alpha value is -3.24. The summed E-state index contributed by atoms with van der Waals surface area (Å²) in [5.74, 6) is -0.271. The van der Waals surface area contributed by atoms with Gasteiger partial charge in [-0.15, -0.1) is 0 Å². The molecular formula is C29H36FN5O3S. The molecule has 2 N–H and O–H groups in total. The predicted octanol–water partition coefficient (Wildman–Crippen LogP) is 4.12. The Balaban J connectivity index is 1.28. The number of carbonyl (C=O) groups excluding carboxylic acids is 1. The zero-order valence-corrected chi connectivity index (χ0v) is 23.1. The first-order chi connectivity index (χ1) is 18.8. The standard InChI is InChI=1S/C29H36FN5O3S/c1-21-28(20-32-35(21)25-10-6-3-7-11-25)39(37,38)33-26(18-22-8-4-2-5-9-22)29(36)31-15-17-34-16-14-23-19-24(30)12-13-27(23)34/h3,6-7,10-13,19-20,22,26,33H,2,4-5,8-9,14-18H2,1H3,(H,31,36)/t26-/m0/s1. The molecule has 1 atom stereocenters. The van der Waals surface area contributed by atoms with Crippen molar-refractivity contribution in [3.05, 3.63) is 71.8 Å². The van der Waals surface area contributed by atoms with Crippen molar-refractivity contribution in [2.24, 2.45) is 5.92 Å². The molecule has 208 valence electrons. The van der Waals surface area contributed by atoms with Crippen molar-refractivity contribution < 1.29 is 17.6 Å². The normalized spacial score (nSPS) is 16.7. The van der Waals surface area contributed by atoms with E-state index in [0.29, 0.717) is 31.1 Å². The van der Waals surface area contributed by atoms with E-state index in [2.05, 4.69) is 20.0 Å². The SMILES string of the molecule is Cc1c(S(=O)(=O)N[C@@H](CC2CCCCC2)C(=O)NCCN2CCc3cc(F)ccc32)cnn1-c1ccccc1. The molecule has 3 aromatic rings. The number of rotatable bonds is 10. The summed E-state index contributed by atoms with van der Waals surface area (Å²) in [7, 11) is -4.00. The second-order valence-corrected chi connectivity index (χ2v) is 12.2. The molecule has 2 heterocycles. The topological polar surface area (TPSA) is 96.3 Å². The first kappa shape index (κ1) is 27.3. The maximum absolute atomic E-state index is 13.6. The molecule has 0 spiro atoms. The number of carbonyl (C=O) groups is 1. The van der Waals surface area contributed by atoms with Gasteiger partial charge < -0.3 is 10.2 Å². The molecule has 5 rings (SSSR count). The number of nitrogens with zero attached hydrogens (tertiary/aromatic N) is 3. The van der Waals surface area contributed by atoms with Gasteiger partial charge in [0.05, 0.1) is 17.6 Å². The average molecular weight is 554 g/mol. The van der Waals surface area contributed by atoms with E-state index in [-0.39, 0.29) is 16.6 Å². The van der Waals surface area contributed by atoms with Crippen molar-refractivity contribution in [3.8, 4) is 5.69 Å². The van der Waals surface area contributed by atoms with E-state index in [4.69, 9.17) is 0 Å². The summed E-state index contributed by atoms with van der Waals surface area (Å²) >= 11 is 0.